The van der Waals surface area contributed by atoms with Crippen LogP contribution in [0.2, 0.25) is 0 Å². The maximum absolute atomic E-state index is 12.2. The van der Waals surface area contributed by atoms with E-state index in [-0.39, 0.29) is 5.91 Å². The van der Waals surface area contributed by atoms with E-state index in [1.54, 1.807) is 48.8 Å². The van der Waals surface area contributed by atoms with Gasteiger partial charge in [-0.3, -0.25) is 4.79 Å². The number of benzene rings is 2. The molecule has 0 saturated heterocycles. The van der Waals surface area contributed by atoms with Gasteiger partial charge in [-0.1, -0.05) is 12.7 Å². The number of rotatable bonds is 9. The van der Waals surface area contributed by atoms with Gasteiger partial charge in [-0.05, 0) is 48.5 Å². The topological polar surface area (TPSA) is 60.5 Å². The van der Waals surface area contributed by atoms with Crippen LogP contribution in [0, 0.1) is 0 Å². The number of aromatic nitrogens is 1. The number of carbonyl (C=O) groups excluding carboxylic acids is 1. The summed E-state index contributed by atoms with van der Waals surface area (Å²) < 4.78 is 10.6. The summed E-state index contributed by atoms with van der Waals surface area (Å²) in [6.07, 6.45) is 2.36. The highest BCUT2D eigenvalue weighted by atomic mass is 32.1. The molecule has 1 aromatic heterocycles. The lowest BCUT2D eigenvalue weighted by molar-refractivity contribution is 0.0954. The molecule has 28 heavy (non-hydrogen) atoms. The van der Waals surface area contributed by atoms with E-state index in [4.69, 9.17) is 9.47 Å². The molecule has 0 aliphatic heterocycles. The lowest BCUT2D eigenvalue weighted by Crippen LogP contribution is -2.25. The molecule has 0 saturated carbocycles. The second kappa shape index (κ2) is 9.71. The second-order valence-electron chi connectivity index (χ2n) is 6.00. The van der Waals surface area contributed by atoms with Gasteiger partial charge >= 0.3 is 0 Å². The summed E-state index contributed by atoms with van der Waals surface area (Å²) in [6.45, 7) is 4.58. The van der Waals surface area contributed by atoms with Crippen molar-refractivity contribution in [2.45, 2.75) is 6.42 Å². The lowest BCUT2D eigenvalue weighted by Gasteiger charge is -2.06. The Kier molecular flexibility index (Phi) is 6.81. The van der Waals surface area contributed by atoms with Crippen molar-refractivity contribution in [2.75, 3.05) is 20.3 Å². The molecule has 3 aromatic rings. The first-order valence-electron chi connectivity index (χ1n) is 8.90. The summed E-state index contributed by atoms with van der Waals surface area (Å²) in [5, 5.41) is 5.91. The van der Waals surface area contributed by atoms with Crippen LogP contribution in [0.25, 0.3) is 10.6 Å². The first-order valence-corrected chi connectivity index (χ1v) is 9.78. The Morgan fingerprint density at radius 1 is 1.14 bits per heavy atom. The summed E-state index contributed by atoms with van der Waals surface area (Å²) in [5.41, 5.74) is 2.62. The number of ether oxygens (including phenoxy) is 2. The fraction of sp³-hybridized carbons (Fsp3) is 0.182. The van der Waals surface area contributed by atoms with E-state index in [0.717, 1.165) is 22.0 Å². The van der Waals surface area contributed by atoms with Crippen molar-refractivity contribution in [1.82, 2.24) is 10.3 Å². The van der Waals surface area contributed by atoms with Crippen molar-refractivity contribution in [2.24, 2.45) is 0 Å². The smallest absolute Gasteiger partial charge is 0.251 e. The first-order chi connectivity index (χ1) is 13.7. The van der Waals surface area contributed by atoms with Crippen LogP contribution in [0.1, 0.15) is 16.1 Å². The summed E-state index contributed by atoms with van der Waals surface area (Å²) in [7, 11) is 1.65. The average molecular weight is 394 g/mol. The van der Waals surface area contributed by atoms with Crippen LogP contribution >= 0.6 is 11.3 Å². The molecule has 0 aliphatic rings. The van der Waals surface area contributed by atoms with E-state index in [2.05, 4.69) is 16.9 Å². The van der Waals surface area contributed by atoms with E-state index < -0.39 is 0 Å². The zero-order chi connectivity index (χ0) is 19.8. The van der Waals surface area contributed by atoms with Crippen molar-refractivity contribution in [3.05, 3.63) is 77.8 Å². The molecule has 6 heteroatoms. The van der Waals surface area contributed by atoms with E-state index in [1.165, 1.54) is 0 Å². The van der Waals surface area contributed by atoms with Gasteiger partial charge in [-0.25, -0.2) is 4.98 Å². The largest absolute Gasteiger partial charge is 0.497 e. The Bertz CT molecular complexity index is 918. The molecule has 5 nitrogen and oxygen atoms in total. The number of methoxy groups -OCH3 is 1. The third-order valence-corrected chi connectivity index (χ3v) is 4.98. The highest BCUT2D eigenvalue weighted by Crippen LogP contribution is 2.25. The van der Waals surface area contributed by atoms with Crippen molar-refractivity contribution in [3.63, 3.8) is 0 Å². The third-order valence-electron chi connectivity index (χ3n) is 4.04. The predicted octanol–water partition coefficient (Wildman–Crippen LogP) is 4.36. The van der Waals surface area contributed by atoms with Crippen molar-refractivity contribution >= 4 is 17.2 Å². The van der Waals surface area contributed by atoms with Crippen LogP contribution in [-0.2, 0) is 6.42 Å². The minimum Gasteiger partial charge on any atom is -0.497 e. The molecule has 1 heterocycles. The highest BCUT2D eigenvalue weighted by Gasteiger charge is 2.08. The SMILES string of the molecule is C=CCOc1ccc(C(=O)NCCc2csc(-c3ccc(OC)cc3)n2)cc1. The molecule has 0 unspecified atom stereocenters. The van der Waals surface area contributed by atoms with Gasteiger partial charge in [-0.15, -0.1) is 11.3 Å². The lowest BCUT2D eigenvalue weighted by atomic mass is 10.2. The third kappa shape index (κ3) is 5.20. The monoisotopic (exact) mass is 394 g/mol. The van der Waals surface area contributed by atoms with Crippen molar-refractivity contribution in [1.29, 1.82) is 0 Å². The number of carbonyl (C=O) groups is 1. The van der Waals surface area contributed by atoms with Crippen LogP contribution in [0.15, 0.2) is 66.6 Å². The van der Waals surface area contributed by atoms with Crippen LogP contribution < -0.4 is 14.8 Å². The average Bonchev–Trinajstić information content (AvgIpc) is 3.21. The van der Waals surface area contributed by atoms with Crippen molar-refractivity contribution < 1.29 is 14.3 Å². The van der Waals surface area contributed by atoms with Crippen molar-refractivity contribution in [3.8, 4) is 22.1 Å². The summed E-state index contributed by atoms with van der Waals surface area (Å²) >= 11 is 1.59. The zero-order valence-electron chi connectivity index (χ0n) is 15.7. The molecule has 0 radical (unpaired) electrons. The number of amides is 1. The normalized spacial score (nSPS) is 10.3. The summed E-state index contributed by atoms with van der Waals surface area (Å²) in [6, 6.07) is 14.9. The van der Waals surface area contributed by atoms with Gasteiger partial charge in [0.05, 0.1) is 12.8 Å². The van der Waals surface area contributed by atoms with E-state index >= 15 is 0 Å². The fourth-order valence-corrected chi connectivity index (χ4v) is 3.41. The van der Waals surface area contributed by atoms with Gasteiger partial charge in [0.1, 0.15) is 23.1 Å². The van der Waals surface area contributed by atoms with Gasteiger partial charge in [-0.2, -0.15) is 0 Å². The van der Waals surface area contributed by atoms with Crippen LogP contribution in [-0.4, -0.2) is 31.2 Å². The number of nitrogens with one attached hydrogen (secondary N) is 1. The number of hydrogen-bond donors (Lipinski definition) is 1. The number of thiazole rings is 1. The number of hydrogen-bond acceptors (Lipinski definition) is 5. The maximum Gasteiger partial charge on any atom is 0.251 e. The van der Waals surface area contributed by atoms with Crippen LogP contribution in [0.5, 0.6) is 11.5 Å². The van der Waals surface area contributed by atoms with Gasteiger partial charge < -0.3 is 14.8 Å². The molecule has 0 spiro atoms. The Morgan fingerprint density at radius 2 is 1.86 bits per heavy atom. The Morgan fingerprint density at radius 3 is 2.54 bits per heavy atom. The van der Waals surface area contributed by atoms with Gasteiger partial charge in [0.25, 0.3) is 5.91 Å². The molecular formula is C22H22N2O3S. The van der Waals surface area contributed by atoms with Gasteiger partial charge in [0, 0.05) is 29.5 Å². The minimum atomic E-state index is -0.110. The number of nitrogens with zero attached hydrogens (tertiary/aromatic N) is 1. The molecule has 1 amide bonds. The minimum absolute atomic E-state index is 0.110. The molecule has 2 aromatic carbocycles. The van der Waals surface area contributed by atoms with Crippen LogP contribution in [0.3, 0.4) is 0 Å². The Labute approximate surface area is 168 Å². The molecule has 144 valence electrons. The first kappa shape index (κ1) is 19.6. The fourth-order valence-electron chi connectivity index (χ4n) is 2.55. The molecule has 0 atom stereocenters. The van der Waals surface area contributed by atoms with E-state index in [1.807, 2.05) is 29.6 Å². The standard InChI is InChI=1S/C22H22N2O3S/c1-3-14-27-20-10-4-16(5-11-20)21(25)23-13-12-18-15-28-22(24-18)17-6-8-19(26-2)9-7-17/h3-11,15H,1,12-14H2,2H3,(H,23,25). The zero-order valence-corrected chi connectivity index (χ0v) is 16.5. The Hall–Kier alpha value is -3.12. The second-order valence-corrected chi connectivity index (χ2v) is 6.86. The molecule has 0 fully saturated rings. The van der Waals surface area contributed by atoms with Gasteiger partial charge in [0.15, 0.2) is 0 Å². The molecule has 0 aliphatic carbocycles. The molecule has 3 rings (SSSR count). The molecule has 1 N–H and O–H groups in total. The van der Waals surface area contributed by atoms with Crippen LogP contribution in [0.4, 0.5) is 0 Å². The molecule has 0 bridgehead atoms. The molecular weight excluding hydrogens is 372 g/mol. The maximum atomic E-state index is 12.2. The van der Waals surface area contributed by atoms with E-state index in [9.17, 15) is 4.79 Å². The summed E-state index contributed by atoms with van der Waals surface area (Å²) in [4.78, 5) is 16.9. The highest BCUT2D eigenvalue weighted by molar-refractivity contribution is 7.13. The van der Waals surface area contributed by atoms with Gasteiger partial charge in [0.2, 0.25) is 0 Å². The quantitative estimate of drug-likeness (QED) is 0.548. The predicted molar refractivity (Wildman–Crippen MR) is 112 cm³/mol. The summed E-state index contributed by atoms with van der Waals surface area (Å²) in [5.74, 6) is 1.43. The Balaban J connectivity index is 1.50. The van der Waals surface area contributed by atoms with E-state index in [0.29, 0.717) is 30.9 Å².